The maximum Gasteiger partial charge on any atom is 0.145 e. The number of alkyl halides is 1. The number of aryl methyl sites for hydroxylation is 1. The maximum atomic E-state index is 13.9. The molecule has 0 fully saturated rings. The fourth-order valence-corrected chi connectivity index (χ4v) is 1.34. The zero-order chi connectivity index (χ0) is 9.90. The van der Waals surface area contributed by atoms with Crippen LogP contribution in [-0.2, 0) is 5.67 Å². The zero-order valence-electron chi connectivity index (χ0n) is 8.39. The summed E-state index contributed by atoms with van der Waals surface area (Å²) in [5, 5.41) is 2.85. The van der Waals surface area contributed by atoms with E-state index in [1.807, 2.05) is 31.2 Å². The Morgan fingerprint density at radius 1 is 1.31 bits per heavy atom. The van der Waals surface area contributed by atoms with Gasteiger partial charge in [-0.25, -0.2) is 4.39 Å². The summed E-state index contributed by atoms with van der Waals surface area (Å²) in [5.41, 5.74) is 0.610. The zero-order valence-corrected chi connectivity index (χ0v) is 8.39. The van der Waals surface area contributed by atoms with Crippen LogP contribution in [0.25, 0.3) is 0 Å². The predicted molar refractivity (Wildman–Crippen MR) is 53.6 cm³/mol. The molecule has 0 spiro atoms. The van der Waals surface area contributed by atoms with Crippen LogP contribution in [0.15, 0.2) is 24.3 Å². The Morgan fingerprint density at radius 2 is 1.85 bits per heavy atom. The average Bonchev–Trinajstić information content (AvgIpc) is 2.05. The molecule has 0 bridgehead atoms. The van der Waals surface area contributed by atoms with E-state index in [4.69, 9.17) is 0 Å². The van der Waals surface area contributed by atoms with Crippen molar-refractivity contribution in [3.8, 4) is 0 Å². The van der Waals surface area contributed by atoms with Crippen LogP contribution in [-0.4, -0.2) is 13.6 Å². The predicted octanol–water partition coefficient (Wildman–Crippen LogP) is 2.40. The molecule has 1 N–H and O–H groups in total. The van der Waals surface area contributed by atoms with Crippen LogP contribution < -0.4 is 5.32 Å². The highest BCUT2D eigenvalue weighted by Gasteiger charge is 2.24. The number of halogens is 1. The lowest BCUT2D eigenvalue weighted by molar-refractivity contribution is 0.191. The van der Waals surface area contributed by atoms with Crippen LogP contribution in [0.5, 0.6) is 0 Å². The first-order valence-electron chi connectivity index (χ1n) is 4.47. The Morgan fingerprint density at radius 3 is 2.31 bits per heavy atom. The lowest BCUT2D eigenvalue weighted by atomic mass is 9.97. The third-order valence-corrected chi connectivity index (χ3v) is 2.16. The lowest BCUT2D eigenvalue weighted by Crippen LogP contribution is -2.29. The van der Waals surface area contributed by atoms with E-state index >= 15 is 0 Å². The summed E-state index contributed by atoms with van der Waals surface area (Å²) in [6.07, 6.45) is 0. The highest BCUT2D eigenvalue weighted by atomic mass is 19.1. The van der Waals surface area contributed by atoms with Gasteiger partial charge in [-0.1, -0.05) is 29.8 Å². The van der Waals surface area contributed by atoms with Crippen molar-refractivity contribution in [3.63, 3.8) is 0 Å². The summed E-state index contributed by atoms with van der Waals surface area (Å²) < 4.78 is 13.9. The van der Waals surface area contributed by atoms with Gasteiger partial charge in [0, 0.05) is 6.54 Å². The van der Waals surface area contributed by atoms with Gasteiger partial charge in [-0.2, -0.15) is 0 Å². The molecule has 0 aromatic heterocycles. The molecule has 1 unspecified atom stereocenters. The first kappa shape index (κ1) is 10.2. The molecule has 2 heteroatoms. The van der Waals surface area contributed by atoms with E-state index in [0.717, 1.165) is 11.1 Å². The van der Waals surface area contributed by atoms with Gasteiger partial charge in [0.05, 0.1) is 0 Å². The molecule has 0 aliphatic heterocycles. The fourth-order valence-electron chi connectivity index (χ4n) is 1.34. The molecule has 1 atom stereocenters. The standard InChI is InChI=1S/C11H16FN/c1-9-4-6-10(7-5-9)11(2,12)8-13-3/h4-7,13H,8H2,1-3H3. The van der Waals surface area contributed by atoms with E-state index in [1.54, 1.807) is 14.0 Å². The van der Waals surface area contributed by atoms with Crippen molar-refractivity contribution < 1.29 is 4.39 Å². The quantitative estimate of drug-likeness (QED) is 0.755. The van der Waals surface area contributed by atoms with Crippen LogP contribution >= 0.6 is 0 Å². The Hall–Kier alpha value is -0.890. The van der Waals surface area contributed by atoms with Crippen LogP contribution in [0.3, 0.4) is 0 Å². The average molecular weight is 181 g/mol. The van der Waals surface area contributed by atoms with Crippen molar-refractivity contribution in [1.82, 2.24) is 5.32 Å². The minimum absolute atomic E-state index is 0.343. The third-order valence-electron chi connectivity index (χ3n) is 2.16. The van der Waals surface area contributed by atoms with Crippen molar-refractivity contribution in [2.45, 2.75) is 19.5 Å². The van der Waals surface area contributed by atoms with E-state index in [2.05, 4.69) is 5.32 Å². The normalized spacial score (nSPS) is 15.4. The number of benzene rings is 1. The number of nitrogens with one attached hydrogen (secondary N) is 1. The minimum Gasteiger partial charge on any atom is -0.316 e. The molecule has 0 amide bonds. The van der Waals surface area contributed by atoms with Gasteiger partial charge in [0.15, 0.2) is 0 Å². The molecule has 1 nitrogen and oxygen atoms in total. The monoisotopic (exact) mass is 181 g/mol. The van der Waals surface area contributed by atoms with Crippen molar-refractivity contribution in [1.29, 1.82) is 0 Å². The van der Waals surface area contributed by atoms with Crippen molar-refractivity contribution >= 4 is 0 Å². The summed E-state index contributed by atoms with van der Waals surface area (Å²) in [7, 11) is 1.76. The van der Waals surface area contributed by atoms with E-state index in [1.165, 1.54) is 0 Å². The molecule has 72 valence electrons. The molecular weight excluding hydrogens is 165 g/mol. The smallest absolute Gasteiger partial charge is 0.145 e. The Balaban J connectivity index is 2.87. The number of hydrogen-bond acceptors (Lipinski definition) is 1. The molecule has 0 aliphatic rings. The number of likely N-dealkylation sites (N-methyl/N-ethyl adjacent to an activating group) is 1. The molecule has 1 rings (SSSR count). The summed E-state index contributed by atoms with van der Waals surface area (Å²) in [6.45, 7) is 3.93. The molecule has 0 saturated carbocycles. The van der Waals surface area contributed by atoms with Crippen molar-refractivity contribution in [3.05, 3.63) is 35.4 Å². The Labute approximate surface area is 79.0 Å². The lowest BCUT2D eigenvalue weighted by Gasteiger charge is -2.20. The molecule has 0 radical (unpaired) electrons. The molecule has 0 heterocycles. The fraction of sp³-hybridized carbons (Fsp3) is 0.455. The maximum absolute atomic E-state index is 13.9. The van der Waals surface area contributed by atoms with Gasteiger partial charge in [0.25, 0.3) is 0 Å². The largest absolute Gasteiger partial charge is 0.316 e. The van der Waals surface area contributed by atoms with E-state index in [0.29, 0.717) is 6.54 Å². The molecule has 0 saturated heterocycles. The van der Waals surface area contributed by atoms with Gasteiger partial charge < -0.3 is 5.32 Å². The molecule has 0 aliphatic carbocycles. The van der Waals surface area contributed by atoms with Crippen LogP contribution in [0, 0.1) is 6.92 Å². The summed E-state index contributed by atoms with van der Waals surface area (Å²) in [4.78, 5) is 0. The first-order chi connectivity index (χ1) is 6.06. The third kappa shape index (κ3) is 2.52. The highest BCUT2D eigenvalue weighted by Crippen LogP contribution is 2.24. The number of rotatable bonds is 3. The van der Waals surface area contributed by atoms with E-state index in [9.17, 15) is 4.39 Å². The first-order valence-corrected chi connectivity index (χ1v) is 4.47. The van der Waals surface area contributed by atoms with E-state index in [-0.39, 0.29) is 0 Å². The van der Waals surface area contributed by atoms with Crippen molar-refractivity contribution in [2.24, 2.45) is 0 Å². The second-order valence-corrected chi connectivity index (χ2v) is 3.59. The van der Waals surface area contributed by atoms with Gasteiger partial charge in [-0.05, 0) is 26.5 Å². The molecule has 1 aromatic carbocycles. The summed E-state index contributed by atoms with van der Waals surface area (Å²) in [5.74, 6) is 0. The molecular formula is C11H16FN. The van der Waals surface area contributed by atoms with Gasteiger partial charge in [-0.3, -0.25) is 0 Å². The Kier molecular flexibility index (Phi) is 3.04. The van der Waals surface area contributed by atoms with Gasteiger partial charge in [0.2, 0.25) is 0 Å². The van der Waals surface area contributed by atoms with Crippen molar-refractivity contribution in [2.75, 3.05) is 13.6 Å². The van der Waals surface area contributed by atoms with E-state index < -0.39 is 5.67 Å². The second kappa shape index (κ2) is 3.88. The van der Waals surface area contributed by atoms with Crippen LogP contribution in [0.2, 0.25) is 0 Å². The highest BCUT2D eigenvalue weighted by molar-refractivity contribution is 5.26. The van der Waals surface area contributed by atoms with Crippen LogP contribution in [0.4, 0.5) is 4.39 Å². The Bertz CT molecular complexity index is 264. The summed E-state index contributed by atoms with van der Waals surface area (Å²) in [6, 6.07) is 7.55. The van der Waals surface area contributed by atoms with Crippen LogP contribution in [0.1, 0.15) is 18.1 Å². The molecule has 1 aromatic rings. The second-order valence-electron chi connectivity index (χ2n) is 3.59. The minimum atomic E-state index is -1.28. The van der Waals surface area contributed by atoms with Gasteiger partial charge in [0.1, 0.15) is 5.67 Å². The topological polar surface area (TPSA) is 12.0 Å². The molecule has 13 heavy (non-hydrogen) atoms. The van der Waals surface area contributed by atoms with Gasteiger partial charge >= 0.3 is 0 Å². The summed E-state index contributed by atoms with van der Waals surface area (Å²) >= 11 is 0. The SMILES string of the molecule is CNCC(C)(F)c1ccc(C)cc1. The van der Waals surface area contributed by atoms with Gasteiger partial charge in [-0.15, -0.1) is 0 Å². The number of hydrogen-bond donors (Lipinski definition) is 1.